The Morgan fingerprint density at radius 1 is 1.25 bits per heavy atom. The number of rotatable bonds is 6. The fraction of sp³-hybridized carbons (Fsp3) is 0.360. The van der Waals surface area contributed by atoms with Gasteiger partial charge in [-0.15, -0.1) is 0 Å². The molecule has 5 nitrogen and oxygen atoms in total. The second-order valence-electron chi connectivity index (χ2n) is 8.59. The van der Waals surface area contributed by atoms with Crippen LogP contribution in [-0.4, -0.2) is 34.5 Å². The monoisotopic (exact) mass is 456 g/mol. The van der Waals surface area contributed by atoms with Crippen LogP contribution in [0.15, 0.2) is 59.1 Å². The largest absolute Gasteiger partial charge is 0.478 e. The molecule has 1 aliphatic heterocycles. The zero-order valence-corrected chi connectivity index (χ0v) is 18.9. The van der Waals surface area contributed by atoms with Gasteiger partial charge in [-0.05, 0) is 62.6 Å². The second kappa shape index (κ2) is 9.33. The molecule has 4 rings (SSSR count). The number of hydrogen-bond donors (Lipinski definition) is 0. The zero-order valence-electron chi connectivity index (χ0n) is 18.2. The number of benzene rings is 2. The van der Waals surface area contributed by atoms with Gasteiger partial charge in [-0.1, -0.05) is 29.8 Å². The molecule has 7 heteroatoms. The number of hydrogen-bond acceptors (Lipinski definition) is 4. The minimum atomic E-state index is -1.08. The highest BCUT2D eigenvalue weighted by Gasteiger charge is 2.37. The highest BCUT2D eigenvalue weighted by atomic mass is 35.5. The van der Waals surface area contributed by atoms with Gasteiger partial charge in [0.15, 0.2) is 11.5 Å². The van der Waals surface area contributed by atoms with Crippen LogP contribution < -0.4 is 4.74 Å². The van der Waals surface area contributed by atoms with Crippen molar-refractivity contribution < 1.29 is 18.3 Å². The maximum Gasteiger partial charge on any atom is 0.266 e. The van der Waals surface area contributed by atoms with Gasteiger partial charge in [-0.3, -0.25) is 4.79 Å². The second-order valence-corrected chi connectivity index (χ2v) is 9.00. The normalized spacial score (nSPS) is 16.8. The molecule has 1 saturated heterocycles. The molecule has 1 aliphatic rings. The number of piperidine rings is 1. The van der Waals surface area contributed by atoms with E-state index in [1.807, 2.05) is 24.3 Å². The smallest absolute Gasteiger partial charge is 0.266 e. The van der Waals surface area contributed by atoms with Gasteiger partial charge in [0, 0.05) is 24.5 Å². The minimum Gasteiger partial charge on any atom is -0.478 e. The van der Waals surface area contributed by atoms with Crippen molar-refractivity contribution in [2.45, 2.75) is 44.6 Å². The third kappa shape index (κ3) is 5.13. The molecule has 3 aromatic rings. The third-order valence-corrected chi connectivity index (χ3v) is 6.02. The summed E-state index contributed by atoms with van der Waals surface area (Å²) >= 11 is 6.26. The van der Waals surface area contributed by atoms with E-state index in [4.69, 9.17) is 20.8 Å². The van der Waals surface area contributed by atoms with Crippen molar-refractivity contribution in [3.05, 3.63) is 82.8 Å². The first-order valence-corrected chi connectivity index (χ1v) is 11.1. The Hall–Kier alpha value is -2.86. The fourth-order valence-corrected chi connectivity index (χ4v) is 4.21. The summed E-state index contributed by atoms with van der Waals surface area (Å²) in [7, 11) is 0. The van der Waals surface area contributed by atoms with E-state index < -0.39 is 5.60 Å². The first-order chi connectivity index (χ1) is 15.3. The lowest BCUT2D eigenvalue weighted by Crippen LogP contribution is -2.51. The number of carbonyl (C=O) groups excluding carboxylic acids is 1. The van der Waals surface area contributed by atoms with E-state index in [9.17, 15) is 9.18 Å². The molecule has 0 bridgehead atoms. The molecule has 0 N–H and O–H groups in total. The molecule has 0 aliphatic carbocycles. The van der Waals surface area contributed by atoms with E-state index in [0.717, 1.165) is 24.2 Å². The van der Waals surface area contributed by atoms with Crippen LogP contribution in [0.25, 0.3) is 0 Å². The van der Waals surface area contributed by atoms with Crippen molar-refractivity contribution in [2.24, 2.45) is 0 Å². The van der Waals surface area contributed by atoms with E-state index in [0.29, 0.717) is 36.2 Å². The number of likely N-dealkylation sites (tertiary alicyclic amines) is 1. The molecule has 0 saturated carbocycles. The molecule has 168 valence electrons. The van der Waals surface area contributed by atoms with Crippen LogP contribution in [0.1, 0.15) is 49.8 Å². The molecule has 0 radical (unpaired) electrons. The standard InChI is InChI=1S/C25H26ClFN2O3/c1-25(2,32-20-11-9-19(27)10-12-20)24(30)29-13-5-7-18(16-29)23-28-15-21(31-23)14-17-6-3-4-8-22(17)26/h3-4,6,8-12,15,18H,5,7,13-14,16H2,1-2H3/t18-/m0/s1. The maximum atomic E-state index is 13.2. The number of amides is 1. The summed E-state index contributed by atoms with van der Waals surface area (Å²) in [6.45, 7) is 4.63. The SMILES string of the molecule is CC(C)(Oc1ccc(F)cc1)C(=O)N1CCC[C@H](c2ncc(Cc3ccccc3Cl)o2)C1. The number of nitrogens with zero attached hydrogens (tertiary/aromatic N) is 2. The quantitative estimate of drug-likeness (QED) is 0.483. The summed E-state index contributed by atoms with van der Waals surface area (Å²) in [5.41, 5.74) is -0.0945. The average Bonchev–Trinajstić information content (AvgIpc) is 3.25. The van der Waals surface area contributed by atoms with Crippen LogP contribution in [0.2, 0.25) is 5.02 Å². The Morgan fingerprint density at radius 3 is 2.75 bits per heavy atom. The van der Waals surface area contributed by atoms with Crippen molar-refractivity contribution in [2.75, 3.05) is 13.1 Å². The number of halogens is 2. The van der Waals surface area contributed by atoms with Crippen LogP contribution in [0.3, 0.4) is 0 Å². The fourth-order valence-electron chi connectivity index (χ4n) is 4.01. The summed E-state index contributed by atoms with van der Waals surface area (Å²) < 4.78 is 25.1. The summed E-state index contributed by atoms with van der Waals surface area (Å²) in [5, 5.41) is 0.697. The average molecular weight is 457 g/mol. The van der Waals surface area contributed by atoms with Gasteiger partial charge < -0.3 is 14.1 Å². The zero-order chi connectivity index (χ0) is 22.7. The van der Waals surface area contributed by atoms with Crippen molar-refractivity contribution in [1.82, 2.24) is 9.88 Å². The number of oxazole rings is 1. The lowest BCUT2D eigenvalue weighted by molar-refractivity contribution is -0.146. The number of aromatic nitrogens is 1. The van der Waals surface area contributed by atoms with Gasteiger partial charge in [0.1, 0.15) is 17.3 Å². The van der Waals surface area contributed by atoms with Crippen molar-refractivity contribution in [1.29, 1.82) is 0 Å². The van der Waals surface area contributed by atoms with Crippen LogP contribution in [-0.2, 0) is 11.2 Å². The highest BCUT2D eigenvalue weighted by molar-refractivity contribution is 6.31. The minimum absolute atomic E-state index is 0.0225. The summed E-state index contributed by atoms with van der Waals surface area (Å²) in [5.74, 6) is 1.40. The first-order valence-electron chi connectivity index (χ1n) is 10.7. The summed E-state index contributed by atoms with van der Waals surface area (Å²) in [4.78, 5) is 19.5. The van der Waals surface area contributed by atoms with Gasteiger partial charge in [0.2, 0.25) is 0 Å². The molecule has 2 heterocycles. The Kier molecular flexibility index (Phi) is 6.51. The van der Waals surface area contributed by atoms with Crippen LogP contribution in [0, 0.1) is 5.82 Å². The van der Waals surface area contributed by atoms with Crippen molar-refractivity contribution in [3.8, 4) is 5.75 Å². The van der Waals surface area contributed by atoms with Crippen LogP contribution in [0.5, 0.6) is 5.75 Å². The van der Waals surface area contributed by atoms with Crippen LogP contribution >= 0.6 is 11.6 Å². The Morgan fingerprint density at radius 2 is 2.00 bits per heavy atom. The summed E-state index contributed by atoms with van der Waals surface area (Å²) in [6.07, 6.45) is 4.06. The molecule has 1 aromatic heterocycles. The molecule has 0 spiro atoms. The van der Waals surface area contributed by atoms with E-state index >= 15 is 0 Å². The van der Waals surface area contributed by atoms with Gasteiger partial charge in [-0.2, -0.15) is 0 Å². The summed E-state index contributed by atoms with van der Waals surface area (Å²) in [6, 6.07) is 13.3. The molecule has 32 heavy (non-hydrogen) atoms. The third-order valence-electron chi connectivity index (χ3n) is 5.65. The molecular formula is C25H26ClFN2O3. The lowest BCUT2D eigenvalue weighted by atomic mass is 9.96. The van der Waals surface area contributed by atoms with Gasteiger partial charge in [-0.25, -0.2) is 9.37 Å². The molecular weight excluding hydrogens is 431 g/mol. The maximum absolute atomic E-state index is 13.2. The molecule has 1 amide bonds. The Balaban J connectivity index is 1.41. The molecule has 2 aromatic carbocycles. The number of carbonyl (C=O) groups is 1. The van der Waals surface area contributed by atoms with E-state index in [1.54, 1.807) is 24.9 Å². The molecule has 0 unspecified atom stereocenters. The van der Waals surface area contributed by atoms with E-state index in [-0.39, 0.29) is 17.6 Å². The predicted molar refractivity (Wildman–Crippen MR) is 120 cm³/mol. The van der Waals surface area contributed by atoms with Crippen molar-refractivity contribution in [3.63, 3.8) is 0 Å². The lowest BCUT2D eigenvalue weighted by Gasteiger charge is -2.36. The highest BCUT2D eigenvalue weighted by Crippen LogP contribution is 2.30. The van der Waals surface area contributed by atoms with E-state index in [2.05, 4.69) is 4.98 Å². The van der Waals surface area contributed by atoms with Crippen LogP contribution in [0.4, 0.5) is 4.39 Å². The van der Waals surface area contributed by atoms with Gasteiger partial charge in [0.05, 0.1) is 12.1 Å². The van der Waals surface area contributed by atoms with Crippen molar-refractivity contribution >= 4 is 17.5 Å². The Bertz CT molecular complexity index is 1080. The topological polar surface area (TPSA) is 55.6 Å². The van der Waals surface area contributed by atoms with E-state index in [1.165, 1.54) is 24.3 Å². The predicted octanol–water partition coefficient (Wildman–Crippen LogP) is 5.62. The molecule has 1 atom stereocenters. The van der Waals surface area contributed by atoms with Gasteiger partial charge >= 0.3 is 0 Å². The molecule has 1 fully saturated rings. The number of ether oxygens (including phenoxy) is 1. The Labute approximate surface area is 192 Å². The first kappa shape index (κ1) is 22.3. The van der Waals surface area contributed by atoms with Gasteiger partial charge in [0.25, 0.3) is 5.91 Å².